The van der Waals surface area contributed by atoms with Gasteiger partial charge in [0.1, 0.15) is 17.4 Å². The molecule has 0 amide bonds. The highest BCUT2D eigenvalue weighted by Crippen LogP contribution is 2.27. The summed E-state index contributed by atoms with van der Waals surface area (Å²) < 4.78 is 13.7. The quantitative estimate of drug-likeness (QED) is 0.812. The van der Waals surface area contributed by atoms with Gasteiger partial charge < -0.3 is 0 Å². The Hall–Kier alpha value is -2.41. The molecule has 0 aliphatic heterocycles. The molecular formula is C13H11FN3+. The van der Waals surface area contributed by atoms with E-state index in [-0.39, 0.29) is 17.2 Å². The lowest BCUT2D eigenvalue weighted by atomic mass is 10.00. The number of pyridine rings is 1. The van der Waals surface area contributed by atoms with E-state index in [1.807, 2.05) is 13.0 Å². The Labute approximate surface area is 98.3 Å². The van der Waals surface area contributed by atoms with E-state index in [4.69, 9.17) is 11.0 Å². The van der Waals surface area contributed by atoms with Crippen LogP contribution in [0.3, 0.4) is 0 Å². The number of nitrogen functional groups attached to an aromatic ring is 1. The minimum absolute atomic E-state index is 0.255. The molecule has 2 rings (SSSR count). The van der Waals surface area contributed by atoms with Gasteiger partial charge in [-0.05, 0) is 19.1 Å². The molecule has 2 aromatic rings. The zero-order valence-corrected chi connectivity index (χ0v) is 9.29. The van der Waals surface area contributed by atoms with Crippen molar-refractivity contribution in [1.82, 2.24) is 0 Å². The average molecular weight is 228 g/mol. The zero-order chi connectivity index (χ0) is 12.4. The summed E-state index contributed by atoms with van der Waals surface area (Å²) in [5, 5.41) is 9.07. The highest BCUT2D eigenvalue weighted by molar-refractivity contribution is 5.74. The molecule has 3 N–H and O–H groups in total. The molecule has 0 unspecified atom stereocenters. The monoisotopic (exact) mass is 228 g/mol. The number of benzene rings is 1. The molecule has 4 heteroatoms. The van der Waals surface area contributed by atoms with Crippen molar-refractivity contribution in [2.24, 2.45) is 0 Å². The molecular weight excluding hydrogens is 217 g/mol. The van der Waals surface area contributed by atoms with Crippen molar-refractivity contribution >= 4 is 5.82 Å². The summed E-state index contributed by atoms with van der Waals surface area (Å²) >= 11 is 0. The summed E-state index contributed by atoms with van der Waals surface area (Å²) in [5.41, 5.74) is 7.66. The Morgan fingerprint density at radius 2 is 2.00 bits per heavy atom. The van der Waals surface area contributed by atoms with Gasteiger partial charge in [-0.25, -0.2) is 9.37 Å². The van der Waals surface area contributed by atoms with Crippen LogP contribution in [0.25, 0.3) is 11.1 Å². The number of rotatable bonds is 1. The van der Waals surface area contributed by atoms with Crippen molar-refractivity contribution in [2.75, 3.05) is 5.73 Å². The van der Waals surface area contributed by atoms with Gasteiger partial charge in [-0.2, -0.15) is 5.26 Å². The topological polar surface area (TPSA) is 64.0 Å². The first-order valence-corrected chi connectivity index (χ1v) is 5.11. The van der Waals surface area contributed by atoms with Crippen LogP contribution in [0.1, 0.15) is 11.3 Å². The number of hydrogen-bond acceptors (Lipinski definition) is 2. The summed E-state index contributed by atoms with van der Waals surface area (Å²) in [6, 6.07) is 10.0. The van der Waals surface area contributed by atoms with Gasteiger partial charge in [-0.1, -0.05) is 18.2 Å². The molecule has 3 nitrogen and oxygen atoms in total. The fourth-order valence-electron chi connectivity index (χ4n) is 1.76. The van der Waals surface area contributed by atoms with Crippen LogP contribution in [-0.4, -0.2) is 0 Å². The lowest BCUT2D eigenvalue weighted by molar-refractivity contribution is -0.370. The smallest absolute Gasteiger partial charge is 0.286 e. The predicted octanol–water partition coefficient (Wildman–Crippen LogP) is 2.07. The summed E-state index contributed by atoms with van der Waals surface area (Å²) in [6.45, 7) is 1.81. The standard InChI is InChI=1S/C13H10FN3/c1-8-6-10(11(7-15)13(16)17-8)9-4-2-3-5-12(9)14/h2-6H,1H3,(H2,16,17)/p+1. The zero-order valence-electron chi connectivity index (χ0n) is 9.29. The largest absolute Gasteiger partial charge is 0.289 e. The molecule has 1 heterocycles. The molecule has 0 atom stereocenters. The Balaban J connectivity index is 2.76. The van der Waals surface area contributed by atoms with Crippen molar-refractivity contribution in [1.29, 1.82) is 5.26 Å². The average Bonchev–Trinajstić information content (AvgIpc) is 2.28. The third-order valence-electron chi connectivity index (χ3n) is 2.51. The molecule has 17 heavy (non-hydrogen) atoms. The molecule has 0 fully saturated rings. The van der Waals surface area contributed by atoms with E-state index in [1.54, 1.807) is 24.3 Å². The maximum absolute atomic E-state index is 13.7. The Kier molecular flexibility index (Phi) is 2.75. The molecule has 0 bridgehead atoms. The SMILES string of the molecule is Cc1cc(-c2ccccc2F)c(C#N)c(N)[nH+]1. The molecule has 84 valence electrons. The van der Waals surface area contributed by atoms with Crippen LogP contribution in [0.15, 0.2) is 30.3 Å². The number of aromatic nitrogens is 1. The number of H-pyrrole nitrogens is 1. The van der Waals surface area contributed by atoms with Crippen LogP contribution in [0, 0.1) is 24.1 Å². The molecule has 1 aromatic carbocycles. The lowest BCUT2D eigenvalue weighted by Gasteiger charge is -2.06. The number of hydrogen-bond donors (Lipinski definition) is 1. The summed E-state index contributed by atoms with van der Waals surface area (Å²) in [4.78, 5) is 2.85. The number of nitrogens with one attached hydrogen (secondary N) is 1. The number of aryl methyl sites for hydroxylation is 1. The Morgan fingerprint density at radius 1 is 1.29 bits per heavy atom. The molecule has 0 aliphatic rings. The highest BCUT2D eigenvalue weighted by Gasteiger charge is 2.16. The Morgan fingerprint density at radius 3 is 2.65 bits per heavy atom. The van der Waals surface area contributed by atoms with Gasteiger partial charge in [0, 0.05) is 11.1 Å². The molecule has 0 saturated heterocycles. The van der Waals surface area contributed by atoms with E-state index in [0.29, 0.717) is 11.1 Å². The predicted molar refractivity (Wildman–Crippen MR) is 62.3 cm³/mol. The second kappa shape index (κ2) is 4.22. The lowest BCUT2D eigenvalue weighted by Crippen LogP contribution is -2.16. The van der Waals surface area contributed by atoms with Gasteiger partial charge >= 0.3 is 0 Å². The van der Waals surface area contributed by atoms with Gasteiger partial charge in [-0.15, -0.1) is 0 Å². The number of anilines is 1. The first kappa shape index (κ1) is 11.1. The van der Waals surface area contributed by atoms with Gasteiger partial charge in [0.15, 0.2) is 0 Å². The number of halogens is 1. The maximum atomic E-state index is 13.7. The van der Waals surface area contributed by atoms with Gasteiger partial charge in [0.25, 0.3) is 5.82 Å². The fraction of sp³-hybridized carbons (Fsp3) is 0.0769. The van der Waals surface area contributed by atoms with Gasteiger partial charge in [-0.3, -0.25) is 5.73 Å². The molecule has 0 aliphatic carbocycles. The van der Waals surface area contributed by atoms with Crippen LogP contribution >= 0.6 is 0 Å². The second-order valence-electron chi connectivity index (χ2n) is 3.75. The Bertz CT molecular complexity index is 615. The van der Waals surface area contributed by atoms with Crippen LogP contribution in [0.5, 0.6) is 0 Å². The molecule has 1 aromatic heterocycles. The second-order valence-corrected chi connectivity index (χ2v) is 3.75. The maximum Gasteiger partial charge on any atom is 0.289 e. The van der Waals surface area contributed by atoms with E-state index in [9.17, 15) is 4.39 Å². The van der Waals surface area contributed by atoms with Crippen molar-refractivity contribution in [3.05, 3.63) is 47.4 Å². The van der Waals surface area contributed by atoms with Crippen LogP contribution in [-0.2, 0) is 0 Å². The summed E-state index contributed by atoms with van der Waals surface area (Å²) in [6.07, 6.45) is 0. The first-order valence-electron chi connectivity index (χ1n) is 5.11. The van der Waals surface area contributed by atoms with Crippen LogP contribution in [0.2, 0.25) is 0 Å². The number of nitrogens with two attached hydrogens (primary N) is 1. The normalized spacial score (nSPS) is 9.94. The fourth-order valence-corrected chi connectivity index (χ4v) is 1.76. The number of nitriles is 1. The van der Waals surface area contributed by atoms with Gasteiger partial charge in [0.05, 0.1) is 5.69 Å². The molecule has 0 spiro atoms. The summed E-state index contributed by atoms with van der Waals surface area (Å²) in [5.74, 6) is -0.111. The van der Waals surface area contributed by atoms with Gasteiger partial charge in [0.2, 0.25) is 0 Å². The minimum Gasteiger partial charge on any atom is -0.286 e. The number of aromatic amines is 1. The van der Waals surface area contributed by atoms with E-state index in [0.717, 1.165) is 5.69 Å². The van der Waals surface area contributed by atoms with E-state index in [1.165, 1.54) is 6.07 Å². The third kappa shape index (κ3) is 1.95. The van der Waals surface area contributed by atoms with Crippen molar-refractivity contribution < 1.29 is 9.37 Å². The molecule has 0 saturated carbocycles. The van der Waals surface area contributed by atoms with E-state index in [2.05, 4.69) is 4.98 Å². The van der Waals surface area contributed by atoms with Crippen LogP contribution < -0.4 is 10.7 Å². The highest BCUT2D eigenvalue weighted by atomic mass is 19.1. The first-order chi connectivity index (χ1) is 8.13. The van der Waals surface area contributed by atoms with Crippen molar-refractivity contribution in [3.63, 3.8) is 0 Å². The van der Waals surface area contributed by atoms with Crippen LogP contribution in [0.4, 0.5) is 10.2 Å². The number of nitrogens with zero attached hydrogens (tertiary/aromatic N) is 1. The summed E-state index contributed by atoms with van der Waals surface area (Å²) in [7, 11) is 0. The minimum atomic E-state index is -0.367. The van der Waals surface area contributed by atoms with Crippen molar-refractivity contribution in [3.8, 4) is 17.2 Å². The van der Waals surface area contributed by atoms with E-state index >= 15 is 0 Å². The van der Waals surface area contributed by atoms with E-state index < -0.39 is 0 Å². The molecule has 0 radical (unpaired) electrons. The third-order valence-corrected chi connectivity index (χ3v) is 2.51. The van der Waals surface area contributed by atoms with Crippen molar-refractivity contribution in [2.45, 2.75) is 6.92 Å².